The molecule has 5 nitrogen and oxygen atoms in total. The highest BCUT2D eigenvalue weighted by molar-refractivity contribution is 5.94. The molecule has 1 saturated heterocycles. The van der Waals surface area contributed by atoms with Crippen molar-refractivity contribution in [1.82, 2.24) is 5.32 Å². The van der Waals surface area contributed by atoms with E-state index in [1.54, 1.807) is 0 Å². The molecule has 148 valence electrons. The van der Waals surface area contributed by atoms with E-state index in [0.29, 0.717) is 17.9 Å². The Balaban J connectivity index is 1.44. The van der Waals surface area contributed by atoms with E-state index in [9.17, 15) is 9.90 Å². The predicted octanol–water partition coefficient (Wildman–Crippen LogP) is 3.21. The lowest BCUT2D eigenvalue weighted by Gasteiger charge is -2.50. The molecular weight excluding hydrogens is 352 g/mol. The minimum Gasteiger partial charge on any atom is -0.507 e. The Morgan fingerprint density at radius 1 is 1.25 bits per heavy atom. The minimum absolute atomic E-state index is 0.0277. The number of benzene rings is 2. The molecule has 2 heterocycles. The summed E-state index contributed by atoms with van der Waals surface area (Å²) in [7, 11) is 0. The summed E-state index contributed by atoms with van der Waals surface area (Å²) in [6, 6.07) is 11.4. The van der Waals surface area contributed by atoms with Crippen LogP contribution in [0.15, 0.2) is 36.4 Å². The van der Waals surface area contributed by atoms with Gasteiger partial charge in [-0.2, -0.15) is 0 Å². The van der Waals surface area contributed by atoms with Crippen LogP contribution < -0.4 is 10.2 Å². The van der Waals surface area contributed by atoms with Crippen molar-refractivity contribution in [3.8, 4) is 5.75 Å². The molecule has 2 aromatic rings. The SMILES string of the molecule is Cc1cc2c(c(C)c1O)CC1(COC1)CN2CCCNC(=O)c1ccccc1. The number of nitrogens with one attached hydrogen (secondary N) is 1. The number of nitrogens with zero attached hydrogens (tertiary/aromatic N) is 1. The number of phenols is 1. The number of aryl methyl sites for hydroxylation is 1. The standard InChI is InChI=1S/C23H28N2O3/c1-16-11-20-19(17(2)21(16)26)12-23(14-28-15-23)13-25(20)10-6-9-24-22(27)18-7-4-3-5-8-18/h3-5,7-8,11,26H,6,9-10,12-15H2,1-2H3,(H,24,27). The third-order valence-corrected chi connectivity index (χ3v) is 6.01. The third kappa shape index (κ3) is 3.47. The number of phenolic OH excluding ortho intramolecular Hbond substituents is 1. The number of aromatic hydroxyl groups is 1. The summed E-state index contributed by atoms with van der Waals surface area (Å²) in [5, 5.41) is 13.4. The van der Waals surface area contributed by atoms with Crippen LogP contribution in [-0.2, 0) is 11.2 Å². The Kier molecular flexibility index (Phi) is 5.02. The van der Waals surface area contributed by atoms with E-state index in [-0.39, 0.29) is 11.3 Å². The van der Waals surface area contributed by atoms with Crippen molar-refractivity contribution in [3.63, 3.8) is 0 Å². The number of ether oxygens (including phenoxy) is 1. The van der Waals surface area contributed by atoms with Gasteiger partial charge < -0.3 is 20.1 Å². The molecule has 1 spiro atoms. The lowest BCUT2D eigenvalue weighted by atomic mass is 9.74. The normalized spacial score (nSPS) is 17.1. The smallest absolute Gasteiger partial charge is 0.251 e. The molecule has 0 atom stereocenters. The van der Waals surface area contributed by atoms with Gasteiger partial charge in [0.25, 0.3) is 5.91 Å². The van der Waals surface area contributed by atoms with Crippen LogP contribution in [-0.4, -0.2) is 43.9 Å². The number of anilines is 1. The zero-order valence-electron chi connectivity index (χ0n) is 16.6. The first-order valence-corrected chi connectivity index (χ1v) is 9.97. The average molecular weight is 380 g/mol. The highest BCUT2D eigenvalue weighted by Crippen LogP contribution is 2.45. The molecule has 4 rings (SSSR count). The molecule has 0 saturated carbocycles. The van der Waals surface area contributed by atoms with E-state index in [1.807, 2.05) is 44.2 Å². The maximum atomic E-state index is 12.2. The van der Waals surface area contributed by atoms with Crippen LogP contribution >= 0.6 is 0 Å². The van der Waals surface area contributed by atoms with Crippen molar-refractivity contribution in [2.45, 2.75) is 26.7 Å². The first-order chi connectivity index (χ1) is 13.5. The Morgan fingerprint density at radius 2 is 2.00 bits per heavy atom. The zero-order valence-corrected chi connectivity index (χ0v) is 16.6. The summed E-state index contributed by atoms with van der Waals surface area (Å²) >= 11 is 0. The van der Waals surface area contributed by atoms with Crippen molar-refractivity contribution in [2.75, 3.05) is 37.7 Å². The number of rotatable bonds is 5. The number of amides is 1. The second-order valence-corrected chi connectivity index (χ2v) is 8.23. The molecule has 28 heavy (non-hydrogen) atoms. The summed E-state index contributed by atoms with van der Waals surface area (Å²) in [4.78, 5) is 14.6. The summed E-state index contributed by atoms with van der Waals surface area (Å²) in [6.07, 6.45) is 1.83. The number of carbonyl (C=O) groups excluding carboxylic acids is 1. The Hall–Kier alpha value is -2.53. The Labute approximate surface area is 166 Å². The first kappa shape index (κ1) is 18.8. The van der Waals surface area contributed by atoms with E-state index >= 15 is 0 Å². The van der Waals surface area contributed by atoms with Gasteiger partial charge >= 0.3 is 0 Å². The maximum absolute atomic E-state index is 12.2. The van der Waals surface area contributed by atoms with Gasteiger partial charge in [-0.1, -0.05) is 18.2 Å². The van der Waals surface area contributed by atoms with Gasteiger partial charge in [-0.25, -0.2) is 0 Å². The molecular formula is C23H28N2O3. The molecule has 0 bridgehead atoms. The quantitative estimate of drug-likeness (QED) is 0.782. The van der Waals surface area contributed by atoms with Crippen molar-refractivity contribution < 1.29 is 14.6 Å². The average Bonchev–Trinajstić information content (AvgIpc) is 2.69. The van der Waals surface area contributed by atoms with Gasteiger partial charge in [0.1, 0.15) is 5.75 Å². The number of hydrogen-bond donors (Lipinski definition) is 2. The highest BCUT2D eigenvalue weighted by atomic mass is 16.5. The molecule has 0 aliphatic carbocycles. The summed E-state index contributed by atoms with van der Waals surface area (Å²) in [5.41, 5.74) is 5.22. The molecule has 2 aliphatic heterocycles. The van der Waals surface area contributed by atoms with Crippen LogP contribution in [0.3, 0.4) is 0 Å². The van der Waals surface area contributed by atoms with E-state index in [1.165, 1.54) is 11.3 Å². The van der Waals surface area contributed by atoms with Crippen LogP contribution in [0.4, 0.5) is 5.69 Å². The second kappa shape index (κ2) is 7.47. The summed E-state index contributed by atoms with van der Waals surface area (Å²) in [5.74, 6) is 0.381. The van der Waals surface area contributed by atoms with Crippen LogP contribution in [0.1, 0.15) is 33.5 Å². The summed E-state index contributed by atoms with van der Waals surface area (Å²) < 4.78 is 5.53. The van der Waals surface area contributed by atoms with E-state index < -0.39 is 0 Å². The van der Waals surface area contributed by atoms with Gasteiger partial charge in [0.15, 0.2) is 0 Å². The van der Waals surface area contributed by atoms with Gasteiger partial charge in [0, 0.05) is 36.3 Å². The van der Waals surface area contributed by atoms with Gasteiger partial charge in [0.2, 0.25) is 0 Å². The fourth-order valence-electron chi connectivity index (χ4n) is 4.36. The van der Waals surface area contributed by atoms with Crippen LogP contribution in [0.25, 0.3) is 0 Å². The predicted molar refractivity (Wildman–Crippen MR) is 110 cm³/mol. The maximum Gasteiger partial charge on any atom is 0.251 e. The Bertz CT molecular complexity index is 875. The van der Waals surface area contributed by atoms with Gasteiger partial charge in [0.05, 0.1) is 13.2 Å². The summed E-state index contributed by atoms with van der Waals surface area (Å²) in [6.45, 7) is 8.00. The molecule has 5 heteroatoms. The first-order valence-electron chi connectivity index (χ1n) is 9.97. The number of fused-ring (bicyclic) bond motifs is 1. The molecule has 1 fully saturated rings. The second-order valence-electron chi connectivity index (χ2n) is 8.23. The van der Waals surface area contributed by atoms with Gasteiger partial charge in [-0.05, 0) is 61.6 Å². The van der Waals surface area contributed by atoms with E-state index in [2.05, 4.69) is 16.3 Å². The van der Waals surface area contributed by atoms with Gasteiger partial charge in [-0.3, -0.25) is 4.79 Å². The molecule has 2 N–H and O–H groups in total. The number of hydrogen-bond acceptors (Lipinski definition) is 4. The van der Waals surface area contributed by atoms with E-state index in [0.717, 1.165) is 50.3 Å². The Morgan fingerprint density at radius 3 is 2.68 bits per heavy atom. The fraction of sp³-hybridized carbons (Fsp3) is 0.435. The minimum atomic E-state index is -0.0277. The van der Waals surface area contributed by atoms with Crippen LogP contribution in [0.2, 0.25) is 0 Å². The molecule has 0 radical (unpaired) electrons. The van der Waals surface area contributed by atoms with Crippen molar-refractivity contribution in [2.24, 2.45) is 5.41 Å². The van der Waals surface area contributed by atoms with Crippen molar-refractivity contribution >= 4 is 11.6 Å². The van der Waals surface area contributed by atoms with Crippen molar-refractivity contribution in [1.29, 1.82) is 0 Å². The topological polar surface area (TPSA) is 61.8 Å². The largest absolute Gasteiger partial charge is 0.507 e. The lowest BCUT2D eigenvalue weighted by molar-refractivity contribution is -0.109. The monoisotopic (exact) mass is 380 g/mol. The highest BCUT2D eigenvalue weighted by Gasteiger charge is 2.44. The fourth-order valence-corrected chi connectivity index (χ4v) is 4.36. The zero-order chi connectivity index (χ0) is 19.7. The molecule has 0 aromatic heterocycles. The molecule has 2 aliphatic rings. The molecule has 0 unspecified atom stereocenters. The van der Waals surface area contributed by atoms with Crippen LogP contribution in [0, 0.1) is 19.3 Å². The van der Waals surface area contributed by atoms with Gasteiger partial charge in [-0.15, -0.1) is 0 Å². The lowest BCUT2D eigenvalue weighted by Crippen LogP contribution is -2.55. The third-order valence-electron chi connectivity index (χ3n) is 6.01. The van der Waals surface area contributed by atoms with Crippen molar-refractivity contribution in [3.05, 3.63) is 58.7 Å². The van der Waals surface area contributed by atoms with Crippen LogP contribution in [0.5, 0.6) is 5.75 Å². The molecule has 2 aromatic carbocycles. The van der Waals surface area contributed by atoms with E-state index in [4.69, 9.17) is 4.74 Å². The number of carbonyl (C=O) groups is 1. The molecule has 1 amide bonds.